The van der Waals surface area contributed by atoms with E-state index < -0.39 is 5.97 Å². The van der Waals surface area contributed by atoms with E-state index in [4.69, 9.17) is 5.11 Å². The number of benzene rings is 1. The summed E-state index contributed by atoms with van der Waals surface area (Å²) in [4.78, 5) is 13.6. The Morgan fingerprint density at radius 3 is 2.43 bits per heavy atom. The number of fused-ring (bicyclic) bond motifs is 3. The van der Waals surface area contributed by atoms with Crippen LogP contribution in [0.1, 0.15) is 34.8 Å². The molecule has 23 heavy (non-hydrogen) atoms. The maximum absolute atomic E-state index is 11.1. The van der Waals surface area contributed by atoms with Crippen molar-refractivity contribution in [3.63, 3.8) is 0 Å². The highest BCUT2D eigenvalue weighted by Gasteiger charge is 2.34. The molecule has 1 unspecified atom stereocenters. The number of nitrogens with zero attached hydrogens (tertiary/aromatic N) is 3. The molecule has 5 nitrogen and oxygen atoms in total. The monoisotopic (exact) mass is 311 g/mol. The Balaban J connectivity index is 1.60. The molecule has 2 aromatic rings. The lowest BCUT2D eigenvalue weighted by Gasteiger charge is -2.45. The van der Waals surface area contributed by atoms with Gasteiger partial charge in [0.2, 0.25) is 0 Å². The SMILES string of the molecule is Cn1nc(C(=O)O)cc1-c1ccc(C2CN3CCC2CC3)cc1. The fraction of sp³-hybridized carbons (Fsp3) is 0.444. The average Bonchev–Trinajstić information content (AvgIpc) is 2.98. The Bertz CT molecular complexity index is 727. The first-order valence-electron chi connectivity index (χ1n) is 8.22. The molecule has 120 valence electrons. The molecular weight excluding hydrogens is 290 g/mol. The number of carbonyl (C=O) groups is 1. The summed E-state index contributed by atoms with van der Waals surface area (Å²) in [5, 5.41) is 13.1. The second-order valence-electron chi connectivity index (χ2n) is 6.71. The third-order valence-corrected chi connectivity index (χ3v) is 5.39. The van der Waals surface area contributed by atoms with E-state index in [1.165, 1.54) is 38.0 Å². The van der Waals surface area contributed by atoms with Gasteiger partial charge in [-0.05, 0) is 55.0 Å². The number of rotatable bonds is 3. The van der Waals surface area contributed by atoms with Gasteiger partial charge in [-0.15, -0.1) is 0 Å². The Morgan fingerprint density at radius 1 is 1.22 bits per heavy atom. The Labute approximate surface area is 135 Å². The smallest absolute Gasteiger partial charge is 0.356 e. The van der Waals surface area contributed by atoms with Crippen LogP contribution in [0, 0.1) is 5.92 Å². The number of carboxylic acid groups (broad SMARTS) is 1. The zero-order chi connectivity index (χ0) is 16.0. The van der Waals surface area contributed by atoms with Gasteiger partial charge in [0.15, 0.2) is 5.69 Å². The molecule has 3 aliphatic heterocycles. The van der Waals surface area contributed by atoms with Gasteiger partial charge in [0.25, 0.3) is 0 Å². The van der Waals surface area contributed by atoms with Crippen LogP contribution < -0.4 is 0 Å². The van der Waals surface area contributed by atoms with Crippen LogP contribution in [0.4, 0.5) is 0 Å². The van der Waals surface area contributed by atoms with Crippen molar-refractivity contribution in [2.24, 2.45) is 13.0 Å². The maximum atomic E-state index is 11.1. The summed E-state index contributed by atoms with van der Waals surface area (Å²) in [6.45, 7) is 3.69. The highest BCUT2D eigenvalue weighted by Crippen LogP contribution is 2.39. The molecule has 3 fully saturated rings. The maximum Gasteiger partial charge on any atom is 0.356 e. The van der Waals surface area contributed by atoms with Crippen LogP contribution in [0.5, 0.6) is 0 Å². The van der Waals surface area contributed by atoms with E-state index in [1.807, 2.05) is 0 Å². The molecule has 3 aliphatic rings. The van der Waals surface area contributed by atoms with Crippen molar-refractivity contribution in [2.75, 3.05) is 19.6 Å². The molecule has 0 radical (unpaired) electrons. The van der Waals surface area contributed by atoms with Crippen molar-refractivity contribution >= 4 is 5.97 Å². The fourth-order valence-corrected chi connectivity index (χ4v) is 4.09. The molecule has 1 N–H and O–H groups in total. The zero-order valence-corrected chi connectivity index (χ0v) is 13.3. The molecule has 1 aromatic carbocycles. The quantitative estimate of drug-likeness (QED) is 0.946. The lowest BCUT2D eigenvalue weighted by molar-refractivity contribution is 0.0689. The summed E-state index contributed by atoms with van der Waals surface area (Å²) >= 11 is 0. The van der Waals surface area contributed by atoms with Gasteiger partial charge in [-0.25, -0.2) is 4.79 Å². The Morgan fingerprint density at radius 2 is 1.91 bits per heavy atom. The van der Waals surface area contributed by atoms with Crippen molar-refractivity contribution in [3.05, 3.63) is 41.6 Å². The predicted molar refractivity (Wildman–Crippen MR) is 87.5 cm³/mol. The van der Waals surface area contributed by atoms with Crippen LogP contribution in [0.25, 0.3) is 11.3 Å². The second kappa shape index (κ2) is 5.49. The van der Waals surface area contributed by atoms with Gasteiger partial charge in [0.05, 0.1) is 5.69 Å². The molecule has 4 heterocycles. The number of aryl methyl sites for hydroxylation is 1. The molecule has 5 rings (SSSR count). The molecule has 0 amide bonds. The first-order valence-corrected chi connectivity index (χ1v) is 8.22. The van der Waals surface area contributed by atoms with E-state index in [0.29, 0.717) is 5.92 Å². The lowest BCUT2D eigenvalue weighted by Crippen LogP contribution is -2.46. The summed E-state index contributed by atoms with van der Waals surface area (Å²) in [5.74, 6) is 0.476. The molecule has 3 saturated heterocycles. The molecule has 0 aliphatic carbocycles. The predicted octanol–water partition coefficient (Wildman–Crippen LogP) is 2.59. The largest absolute Gasteiger partial charge is 0.476 e. The number of aromatic carboxylic acids is 1. The standard InChI is InChI=1S/C18H21N3O2/c1-20-17(10-16(19-20)18(22)23)14-4-2-12(3-5-14)15-11-21-8-6-13(15)7-9-21/h2-5,10,13,15H,6-9,11H2,1H3,(H,22,23). The van der Waals surface area contributed by atoms with E-state index in [9.17, 15) is 4.79 Å². The highest BCUT2D eigenvalue weighted by molar-refractivity contribution is 5.87. The van der Waals surface area contributed by atoms with E-state index >= 15 is 0 Å². The van der Waals surface area contributed by atoms with Crippen molar-refractivity contribution in [3.8, 4) is 11.3 Å². The molecule has 5 heteroatoms. The van der Waals surface area contributed by atoms with Gasteiger partial charge < -0.3 is 10.0 Å². The molecule has 0 saturated carbocycles. The molecule has 0 spiro atoms. The number of hydrogen-bond donors (Lipinski definition) is 1. The lowest BCUT2D eigenvalue weighted by atomic mass is 9.75. The molecule has 1 aromatic heterocycles. The topological polar surface area (TPSA) is 58.4 Å². The second-order valence-corrected chi connectivity index (χ2v) is 6.71. The molecule has 1 atom stereocenters. The molecular formula is C18H21N3O2. The van der Waals surface area contributed by atoms with E-state index in [1.54, 1.807) is 17.8 Å². The fourth-order valence-electron chi connectivity index (χ4n) is 4.09. The Kier molecular flexibility index (Phi) is 3.45. The van der Waals surface area contributed by atoms with Crippen LogP contribution in [0.2, 0.25) is 0 Å². The molecule has 2 bridgehead atoms. The van der Waals surface area contributed by atoms with E-state index in [2.05, 4.69) is 34.3 Å². The highest BCUT2D eigenvalue weighted by atomic mass is 16.4. The Hall–Kier alpha value is -2.14. The number of hydrogen-bond acceptors (Lipinski definition) is 3. The zero-order valence-electron chi connectivity index (χ0n) is 13.3. The van der Waals surface area contributed by atoms with Crippen molar-refractivity contribution in [1.82, 2.24) is 14.7 Å². The van der Waals surface area contributed by atoms with Crippen LogP contribution in [-0.2, 0) is 7.05 Å². The average molecular weight is 311 g/mol. The number of piperidine rings is 3. The van der Waals surface area contributed by atoms with Gasteiger partial charge in [-0.3, -0.25) is 4.68 Å². The third-order valence-electron chi connectivity index (χ3n) is 5.39. The number of carboxylic acids is 1. The summed E-state index contributed by atoms with van der Waals surface area (Å²) in [6, 6.07) is 10.2. The van der Waals surface area contributed by atoms with E-state index in [-0.39, 0.29) is 5.69 Å². The van der Waals surface area contributed by atoms with Gasteiger partial charge in [0, 0.05) is 13.6 Å². The summed E-state index contributed by atoms with van der Waals surface area (Å²) in [5.41, 5.74) is 3.34. The third kappa shape index (κ3) is 2.55. The van der Waals surface area contributed by atoms with Gasteiger partial charge >= 0.3 is 5.97 Å². The van der Waals surface area contributed by atoms with Crippen LogP contribution in [0.3, 0.4) is 0 Å². The summed E-state index contributed by atoms with van der Waals surface area (Å²) in [6.07, 6.45) is 2.63. The normalized spacial score (nSPS) is 26.4. The first kappa shape index (κ1) is 14.5. The van der Waals surface area contributed by atoms with Crippen molar-refractivity contribution in [2.45, 2.75) is 18.8 Å². The van der Waals surface area contributed by atoms with E-state index in [0.717, 1.165) is 17.2 Å². The summed E-state index contributed by atoms with van der Waals surface area (Å²) in [7, 11) is 1.78. The summed E-state index contributed by atoms with van der Waals surface area (Å²) < 4.78 is 1.63. The van der Waals surface area contributed by atoms with Crippen LogP contribution >= 0.6 is 0 Å². The van der Waals surface area contributed by atoms with Gasteiger partial charge in [-0.1, -0.05) is 24.3 Å². The van der Waals surface area contributed by atoms with Crippen LogP contribution in [0.15, 0.2) is 30.3 Å². The van der Waals surface area contributed by atoms with Gasteiger partial charge in [-0.2, -0.15) is 5.10 Å². The van der Waals surface area contributed by atoms with Crippen molar-refractivity contribution in [1.29, 1.82) is 0 Å². The van der Waals surface area contributed by atoms with Crippen molar-refractivity contribution < 1.29 is 9.90 Å². The number of aromatic nitrogens is 2. The minimum Gasteiger partial charge on any atom is -0.476 e. The van der Waals surface area contributed by atoms with Gasteiger partial charge in [0.1, 0.15) is 0 Å². The minimum atomic E-state index is -0.990. The minimum absolute atomic E-state index is 0.0870. The first-order chi connectivity index (χ1) is 11.1. The van der Waals surface area contributed by atoms with Crippen LogP contribution in [-0.4, -0.2) is 45.4 Å².